The number of halogens is 1. The van der Waals surface area contributed by atoms with E-state index >= 15 is 0 Å². The van der Waals surface area contributed by atoms with Crippen LogP contribution in [0.5, 0.6) is 0 Å². The van der Waals surface area contributed by atoms with Gasteiger partial charge in [0.15, 0.2) is 5.96 Å². The van der Waals surface area contributed by atoms with Gasteiger partial charge in [0.25, 0.3) is 0 Å². The number of hydrogen-bond acceptors (Lipinski definition) is 4. The topological polar surface area (TPSA) is 96.2 Å². The molecule has 1 aromatic heterocycles. The predicted molar refractivity (Wildman–Crippen MR) is 123 cm³/mol. The van der Waals surface area contributed by atoms with Crippen molar-refractivity contribution in [2.45, 2.75) is 84.3 Å². The first-order chi connectivity index (χ1) is 12.9. The molecule has 1 saturated carbocycles. The molecule has 1 amide bonds. The number of aromatic nitrogens is 3. The minimum absolute atomic E-state index is 0. The lowest BCUT2D eigenvalue weighted by Gasteiger charge is -2.25. The van der Waals surface area contributed by atoms with Gasteiger partial charge in [-0.3, -0.25) is 4.79 Å². The fraction of sp³-hybridized carbons (Fsp3) is 0.789. The van der Waals surface area contributed by atoms with Crippen LogP contribution < -0.4 is 16.0 Å². The van der Waals surface area contributed by atoms with Crippen LogP contribution in [0.2, 0.25) is 0 Å². The van der Waals surface area contributed by atoms with Crippen molar-refractivity contribution in [1.29, 1.82) is 0 Å². The van der Waals surface area contributed by atoms with E-state index in [4.69, 9.17) is 0 Å². The fourth-order valence-corrected chi connectivity index (χ4v) is 3.24. The van der Waals surface area contributed by atoms with E-state index in [2.05, 4.69) is 38.1 Å². The Hall–Kier alpha value is -1.39. The van der Waals surface area contributed by atoms with Crippen molar-refractivity contribution < 1.29 is 4.79 Å². The number of aryl methyl sites for hydroxylation is 1. The van der Waals surface area contributed by atoms with E-state index in [1.165, 1.54) is 19.3 Å². The number of carbonyl (C=O) groups is 1. The first kappa shape index (κ1) is 24.6. The van der Waals surface area contributed by atoms with E-state index in [0.29, 0.717) is 18.5 Å². The Morgan fingerprint density at radius 2 is 2.00 bits per heavy atom. The zero-order valence-corrected chi connectivity index (χ0v) is 20.0. The summed E-state index contributed by atoms with van der Waals surface area (Å²) in [6.45, 7) is 9.56. The van der Waals surface area contributed by atoms with Crippen molar-refractivity contribution in [2.24, 2.45) is 4.99 Å². The number of guanidine groups is 1. The van der Waals surface area contributed by atoms with Gasteiger partial charge in [-0.15, -0.1) is 34.2 Å². The molecule has 1 aromatic rings. The van der Waals surface area contributed by atoms with Crippen LogP contribution in [-0.4, -0.2) is 51.3 Å². The summed E-state index contributed by atoms with van der Waals surface area (Å²) in [5.74, 6) is 1.61. The number of nitrogens with zero attached hydrogens (tertiary/aromatic N) is 4. The normalized spacial score (nSPS) is 15.6. The summed E-state index contributed by atoms with van der Waals surface area (Å²) in [6.07, 6.45) is 8.71. The highest BCUT2D eigenvalue weighted by atomic mass is 127. The first-order valence-electron chi connectivity index (χ1n) is 10.1. The molecule has 0 saturated heterocycles. The second-order valence-electron chi connectivity index (χ2n) is 8.16. The molecule has 1 fully saturated rings. The number of nitrogens with one attached hydrogen (secondary N) is 3. The Balaban J connectivity index is 0.00000392. The average Bonchev–Trinajstić information content (AvgIpc) is 3.06. The zero-order chi connectivity index (χ0) is 19.7. The van der Waals surface area contributed by atoms with Crippen LogP contribution in [0.25, 0.3) is 0 Å². The first-order valence-corrected chi connectivity index (χ1v) is 10.1. The molecule has 0 spiro atoms. The molecule has 9 heteroatoms. The highest BCUT2D eigenvalue weighted by Crippen LogP contribution is 2.17. The lowest BCUT2D eigenvalue weighted by atomic mass is 9.96. The van der Waals surface area contributed by atoms with Crippen molar-refractivity contribution in [3.63, 3.8) is 0 Å². The molecular formula is C19H36IN7O. The van der Waals surface area contributed by atoms with Gasteiger partial charge < -0.3 is 20.5 Å². The summed E-state index contributed by atoms with van der Waals surface area (Å²) in [5, 5.41) is 17.9. The number of rotatable bonds is 7. The van der Waals surface area contributed by atoms with Crippen LogP contribution in [0.15, 0.2) is 11.3 Å². The highest BCUT2D eigenvalue weighted by molar-refractivity contribution is 14.0. The summed E-state index contributed by atoms with van der Waals surface area (Å²) in [4.78, 5) is 16.6. The Morgan fingerprint density at radius 1 is 1.29 bits per heavy atom. The monoisotopic (exact) mass is 505 g/mol. The maximum absolute atomic E-state index is 12.1. The molecule has 8 nitrogen and oxygen atoms in total. The molecule has 1 heterocycles. The minimum atomic E-state index is -0.248. The van der Waals surface area contributed by atoms with Gasteiger partial charge in [0.05, 0.1) is 0 Å². The average molecular weight is 505 g/mol. The molecule has 0 unspecified atom stereocenters. The van der Waals surface area contributed by atoms with Crippen molar-refractivity contribution in [1.82, 2.24) is 30.7 Å². The number of aliphatic imine (C=N–C) groups is 1. The standard InChI is InChI=1S/C19H35N7O.HI/c1-5-16-25-22-14-26(16)12-11-20-18(23-15-9-7-6-8-10-15)21-13-17(27)24-19(2,3)4;/h14-15H,5-13H2,1-4H3,(H,24,27)(H2,20,21,23);1H. The molecule has 0 aliphatic heterocycles. The smallest absolute Gasteiger partial charge is 0.242 e. The zero-order valence-electron chi connectivity index (χ0n) is 17.6. The quantitative estimate of drug-likeness (QED) is 0.300. The predicted octanol–water partition coefficient (Wildman–Crippen LogP) is 2.24. The second-order valence-corrected chi connectivity index (χ2v) is 8.16. The maximum Gasteiger partial charge on any atom is 0.242 e. The highest BCUT2D eigenvalue weighted by Gasteiger charge is 2.16. The van der Waals surface area contributed by atoms with Gasteiger partial charge in [0, 0.05) is 31.1 Å². The van der Waals surface area contributed by atoms with Crippen LogP contribution in [0.3, 0.4) is 0 Å². The number of carbonyl (C=O) groups excluding carboxylic acids is 1. The Kier molecular flexibility index (Phi) is 10.8. The van der Waals surface area contributed by atoms with Crippen molar-refractivity contribution in [3.8, 4) is 0 Å². The minimum Gasteiger partial charge on any atom is -0.355 e. The molecule has 0 aromatic carbocycles. The van der Waals surface area contributed by atoms with E-state index < -0.39 is 0 Å². The van der Waals surface area contributed by atoms with E-state index in [0.717, 1.165) is 31.6 Å². The number of amides is 1. The van der Waals surface area contributed by atoms with E-state index in [1.807, 2.05) is 25.3 Å². The molecule has 0 atom stereocenters. The Morgan fingerprint density at radius 3 is 2.64 bits per heavy atom. The van der Waals surface area contributed by atoms with Gasteiger partial charge in [-0.25, -0.2) is 4.99 Å². The third kappa shape index (κ3) is 9.20. The molecular weight excluding hydrogens is 469 g/mol. The van der Waals surface area contributed by atoms with Gasteiger partial charge in [-0.05, 0) is 33.6 Å². The van der Waals surface area contributed by atoms with Crippen LogP contribution >= 0.6 is 24.0 Å². The molecule has 0 radical (unpaired) electrons. The summed E-state index contributed by atoms with van der Waals surface area (Å²) in [6, 6.07) is 0.428. The summed E-state index contributed by atoms with van der Waals surface area (Å²) < 4.78 is 2.04. The van der Waals surface area contributed by atoms with Gasteiger partial charge >= 0.3 is 0 Å². The Bertz CT molecular complexity index is 618. The molecule has 1 aliphatic carbocycles. The lowest BCUT2D eigenvalue weighted by molar-refractivity contribution is -0.121. The molecule has 3 N–H and O–H groups in total. The van der Waals surface area contributed by atoms with Crippen LogP contribution in [0.1, 0.15) is 65.6 Å². The van der Waals surface area contributed by atoms with Crippen molar-refractivity contribution in [3.05, 3.63) is 12.2 Å². The molecule has 2 rings (SSSR count). The van der Waals surface area contributed by atoms with E-state index in [1.54, 1.807) is 6.33 Å². The van der Waals surface area contributed by atoms with Gasteiger partial charge in [0.1, 0.15) is 18.7 Å². The summed E-state index contributed by atoms with van der Waals surface area (Å²) >= 11 is 0. The molecule has 1 aliphatic rings. The summed E-state index contributed by atoms with van der Waals surface area (Å²) in [7, 11) is 0. The van der Waals surface area contributed by atoms with E-state index in [9.17, 15) is 4.79 Å². The maximum atomic E-state index is 12.1. The van der Waals surface area contributed by atoms with Gasteiger partial charge in [-0.2, -0.15) is 0 Å². The van der Waals surface area contributed by atoms with Crippen LogP contribution in [0.4, 0.5) is 0 Å². The van der Waals surface area contributed by atoms with Crippen molar-refractivity contribution >= 4 is 35.8 Å². The third-order valence-corrected chi connectivity index (χ3v) is 4.50. The summed E-state index contributed by atoms with van der Waals surface area (Å²) in [5.41, 5.74) is -0.248. The third-order valence-electron chi connectivity index (χ3n) is 4.50. The second kappa shape index (κ2) is 12.2. The Labute approximate surface area is 185 Å². The molecule has 160 valence electrons. The SMILES string of the molecule is CCc1nncn1CCNC(=NCC(=O)NC(C)(C)C)NC1CCCCC1.I. The van der Waals surface area contributed by atoms with Crippen molar-refractivity contribution in [2.75, 3.05) is 13.1 Å². The van der Waals surface area contributed by atoms with Crippen LogP contribution in [-0.2, 0) is 17.8 Å². The molecule has 0 bridgehead atoms. The number of hydrogen-bond donors (Lipinski definition) is 3. The van der Waals surface area contributed by atoms with E-state index in [-0.39, 0.29) is 42.0 Å². The fourth-order valence-electron chi connectivity index (χ4n) is 3.24. The van der Waals surface area contributed by atoms with Gasteiger partial charge in [0.2, 0.25) is 5.91 Å². The van der Waals surface area contributed by atoms with Crippen LogP contribution in [0, 0.1) is 0 Å². The van der Waals surface area contributed by atoms with Gasteiger partial charge in [-0.1, -0.05) is 26.2 Å². The molecule has 28 heavy (non-hydrogen) atoms. The largest absolute Gasteiger partial charge is 0.355 e. The lowest BCUT2D eigenvalue weighted by Crippen LogP contribution is -2.46.